The van der Waals surface area contributed by atoms with Gasteiger partial charge >= 0.3 is 0 Å². The Morgan fingerprint density at radius 1 is 1.24 bits per heavy atom. The van der Waals surface area contributed by atoms with Gasteiger partial charge in [-0.15, -0.1) is 0 Å². The quantitative estimate of drug-likeness (QED) is 0.778. The predicted molar refractivity (Wildman–Crippen MR) is 78.3 cm³/mol. The maximum absolute atomic E-state index is 12.2. The van der Waals surface area contributed by atoms with E-state index in [-0.39, 0.29) is 28.8 Å². The average Bonchev–Trinajstić information content (AvgIpc) is 2.76. The van der Waals surface area contributed by atoms with Crippen molar-refractivity contribution in [2.75, 3.05) is 19.6 Å². The van der Waals surface area contributed by atoms with Crippen LogP contribution in [0, 0.1) is 13.8 Å². The van der Waals surface area contributed by atoms with Gasteiger partial charge in [0, 0.05) is 13.1 Å². The van der Waals surface area contributed by atoms with E-state index >= 15 is 0 Å². The van der Waals surface area contributed by atoms with Gasteiger partial charge in [0.15, 0.2) is 5.76 Å². The molecule has 0 aliphatic rings. The molecule has 120 valence electrons. The summed E-state index contributed by atoms with van der Waals surface area (Å²) in [6.07, 6.45) is 1.67. The molecule has 0 spiro atoms. The van der Waals surface area contributed by atoms with E-state index in [2.05, 4.69) is 9.88 Å². The van der Waals surface area contributed by atoms with Crippen LogP contribution in [0.3, 0.4) is 0 Å². The second-order valence-corrected chi connectivity index (χ2v) is 6.56. The molecule has 0 saturated heterocycles. The summed E-state index contributed by atoms with van der Waals surface area (Å²) >= 11 is 0. The van der Waals surface area contributed by atoms with Crippen molar-refractivity contribution in [3.63, 3.8) is 0 Å². The second kappa shape index (κ2) is 7.56. The minimum Gasteiger partial charge on any atom is -0.360 e. The van der Waals surface area contributed by atoms with Gasteiger partial charge in [0.2, 0.25) is 15.9 Å². The minimum atomic E-state index is -3.79. The van der Waals surface area contributed by atoms with Crippen molar-refractivity contribution in [1.82, 2.24) is 14.8 Å². The van der Waals surface area contributed by atoms with Gasteiger partial charge in [0.25, 0.3) is 0 Å². The fourth-order valence-electron chi connectivity index (χ4n) is 2.10. The van der Waals surface area contributed by atoms with Gasteiger partial charge in [-0.3, -0.25) is 4.79 Å². The third-order valence-electron chi connectivity index (χ3n) is 2.99. The molecule has 1 heterocycles. The van der Waals surface area contributed by atoms with Crippen molar-refractivity contribution in [3.8, 4) is 0 Å². The van der Waals surface area contributed by atoms with Gasteiger partial charge in [0.05, 0.1) is 6.54 Å². The summed E-state index contributed by atoms with van der Waals surface area (Å²) in [5, 5.41) is 3.61. The van der Waals surface area contributed by atoms with Crippen LogP contribution in [0.2, 0.25) is 0 Å². The molecule has 0 radical (unpaired) electrons. The van der Waals surface area contributed by atoms with Crippen LogP contribution in [0.5, 0.6) is 0 Å². The number of carbonyl (C=O) groups excluding carboxylic acids is 1. The van der Waals surface area contributed by atoms with Crippen molar-refractivity contribution in [3.05, 3.63) is 11.5 Å². The number of nitrogens with zero attached hydrogens (tertiary/aromatic N) is 2. The van der Waals surface area contributed by atoms with Gasteiger partial charge in [0.1, 0.15) is 10.6 Å². The Kier molecular flexibility index (Phi) is 6.35. The van der Waals surface area contributed by atoms with Gasteiger partial charge in [-0.05, 0) is 26.7 Å². The highest BCUT2D eigenvalue weighted by atomic mass is 32.2. The molecule has 0 atom stereocenters. The number of aryl methyl sites for hydroxylation is 2. The number of aromatic nitrogens is 1. The lowest BCUT2D eigenvalue weighted by atomic mass is 10.3. The molecule has 0 bridgehead atoms. The molecule has 0 saturated carbocycles. The van der Waals surface area contributed by atoms with Crippen LogP contribution < -0.4 is 4.72 Å². The van der Waals surface area contributed by atoms with Crippen LogP contribution in [0.1, 0.15) is 38.1 Å². The highest BCUT2D eigenvalue weighted by Gasteiger charge is 2.25. The number of hydrogen-bond donors (Lipinski definition) is 1. The standard InChI is InChI=1S/C13H23N3O4S/c1-5-7-16(8-6-2)12(17)9-14-21(18,19)13-10(3)15-20-11(13)4/h14H,5-9H2,1-4H3. The van der Waals surface area contributed by atoms with E-state index in [0.29, 0.717) is 13.1 Å². The number of sulfonamides is 1. The fourth-order valence-corrected chi connectivity index (χ4v) is 3.40. The first kappa shape index (κ1) is 17.6. The molecule has 1 aromatic rings. The first-order valence-electron chi connectivity index (χ1n) is 7.03. The van der Waals surface area contributed by atoms with Gasteiger partial charge in [-0.2, -0.15) is 0 Å². The summed E-state index contributed by atoms with van der Waals surface area (Å²) in [6.45, 7) is 8.02. The summed E-state index contributed by atoms with van der Waals surface area (Å²) in [7, 11) is -3.79. The zero-order valence-electron chi connectivity index (χ0n) is 13.0. The zero-order chi connectivity index (χ0) is 16.0. The molecule has 1 N–H and O–H groups in total. The van der Waals surface area contributed by atoms with Crippen LogP contribution >= 0.6 is 0 Å². The average molecular weight is 317 g/mol. The van der Waals surface area contributed by atoms with Gasteiger partial charge < -0.3 is 9.42 Å². The van der Waals surface area contributed by atoms with E-state index in [0.717, 1.165) is 12.8 Å². The first-order valence-corrected chi connectivity index (χ1v) is 8.52. The SMILES string of the molecule is CCCN(CCC)C(=O)CNS(=O)(=O)c1c(C)noc1C. The molecule has 0 aliphatic carbocycles. The molecule has 0 aromatic carbocycles. The Hall–Kier alpha value is -1.41. The lowest BCUT2D eigenvalue weighted by Crippen LogP contribution is -2.41. The second-order valence-electron chi connectivity index (χ2n) is 4.86. The number of rotatable bonds is 8. The highest BCUT2D eigenvalue weighted by molar-refractivity contribution is 7.89. The Morgan fingerprint density at radius 3 is 2.24 bits per heavy atom. The van der Waals surface area contributed by atoms with Crippen LogP contribution in [0.15, 0.2) is 9.42 Å². The normalized spacial score (nSPS) is 11.6. The minimum absolute atomic E-state index is 0.00725. The summed E-state index contributed by atoms with van der Waals surface area (Å²) in [5.74, 6) is -0.0135. The van der Waals surface area contributed by atoms with E-state index in [1.165, 1.54) is 6.92 Å². The molecular formula is C13H23N3O4S. The number of nitrogens with one attached hydrogen (secondary N) is 1. The maximum atomic E-state index is 12.2. The molecule has 1 amide bonds. The Morgan fingerprint density at radius 2 is 1.81 bits per heavy atom. The lowest BCUT2D eigenvalue weighted by Gasteiger charge is -2.21. The summed E-state index contributed by atoms with van der Waals surface area (Å²) in [4.78, 5) is 13.7. The van der Waals surface area contributed by atoms with E-state index in [9.17, 15) is 13.2 Å². The molecule has 0 fully saturated rings. The summed E-state index contributed by atoms with van der Waals surface area (Å²) < 4.78 is 31.6. The van der Waals surface area contributed by atoms with E-state index in [1.807, 2.05) is 13.8 Å². The van der Waals surface area contributed by atoms with Crippen molar-refractivity contribution >= 4 is 15.9 Å². The molecule has 8 heteroatoms. The van der Waals surface area contributed by atoms with Crippen molar-refractivity contribution < 1.29 is 17.7 Å². The first-order chi connectivity index (χ1) is 9.83. The van der Waals surface area contributed by atoms with E-state index in [4.69, 9.17) is 4.52 Å². The van der Waals surface area contributed by atoms with E-state index < -0.39 is 10.0 Å². The number of amides is 1. The van der Waals surface area contributed by atoms with Crippen molar-refractivity contribution in [2.24, 2.45) is 0 Å². The largest absolute Gasteiger partial charge is 0.360 e. The molecule has 21 heavy (non-hydrogen) atoms. The third-order valence-corrected chi connectivity index (χ3v) is 4.63. The summed E-state index contributed by atoms with van der Waals surface area (Å²) in [5.41, 5.74) is 0.284. The smallest absolute Gasteiger partial charge is 0.246 e. The monoisotopic (exact) mass is 317 g/mol. The molecule has 1 aromatic heterocycles. The Bertz CT molecular complexity index is 555. The molecular weight excluding hydrogens is 294 g/mol. The molecule has 7 nitrogen and oxygen atoms in total. The topological polar surface area (TPSA) is 92.5 Å². The number of carbonyl (C=O) groups is 1. The van der Waals surface area contributed by atoms with Crippen molar-refractivity contribution in [2.45, 2.75) is 45.4 Å². The zero-order valence-corrected chi connectivity index (χ0v) is 13.8. The maximum Gasteiger partial charge on any atom is 0.246 e. The summed E-state index contributed by atoms with van der Waals surface area (Å²) in [6, 6.07) is 0. The predicted octanol–water partition coefficient (Wildman–Crippen LogP) is 1.22. The van der Waals surface area contributed by atoms with Crippen LogP contribution in [0.25, 0.3) is 0 Å². The molecule has 1 rings (SSSR count). The molecule has 0 aliphatic heterocycles. The fraction of sp³-hybridized carbons (Fsp3) is 0.692. The lowest BCUT2D eigenvalue weighted by molar-refractivity contribution is -0.130. The Balaban J connectivity index is 2.75. The third kappa shape index (κ3) is 4.53. The molecule has 0 unspecified atom stereocenters. The van der Waals surface area contributed by atoms with Gasteiger partial charge in [-0.1, -0.05) is 19.0 Å². The number of hydrogen-bond acceptors (Lipinski definition) is 5. The van der Waals surface area contributed by atoms with E-state index in [1.54, 1.807) is 11.8 Å². The van der Waals surface area contributed by atoms with Crippen molar-refractivity contribution in [1.29, 1.82) is 0 Å². The van der Waals surface area contributed by atoms with Crippen LogP contribution in [-0.2, 0) is 14.8 Å². The Labute approximate surface area is 125 Å². The van der Waals surface area contributed by atoms with Crippen LogP contribution in [-0.4, -0.2) is 44.0 Å². The van der Waals surface area contributed by atoms with Crippen LogP contribution in [0.4, 0.5) is 0 Å². The highest BCUT2D eigenvalue weighted by Crippen LogP contribution is 2.18. The van der Waals surface area contributed by atoms with Gasteiger partial charge in [-0.25, -0.2) is 13.1 Å².